The SMILES string of the molecule is C=C/C=C\C=C(/C)n1c2ccccc2c2ccc(N(c3ccc4c(c3)C3(c5ccccc5-4)c4ccccc4C4(c5ccccc5-c5ccccc54)c4ccccc43)c3ccccc3-c3ccccc3)cc21. The van der Waals surface area contributed by atoms with Crippen LogP contribution in [0, 0.1) is 0 Å². The molecule has 3 aliphatic carbocycles. The van der Waals surface area contributed by atoms with Crippen LogP contribution >= 0.6 is 0 Å². The predicted molar refractivity (Wildman–Crippen MR) is 297 cm³/mol. The molecule has 0 atom stereocenters. The number of rotatable bonds is 7. The Bertz CT molecular complexity index is 3950. The topological polar surface area (TPSA) is 8.17 Å². The van der Waals surface area contributed by atoms with Crippen molar-refractivity contribution in [1.29, 1.82) is 0 Å². The Morgan fingerprint density at radius 2 is 0.845 bits per heavy atom. The first-order valence-electron chi connectivity index (χ1n) is 24.7. The van der Waals surface area contributed by atoms with Gasteiger partial charge in [0.2, 0.25) is 0 Å². The van der Waals surface area contributed by atoms with Crippen molar-refractivity contribution >= 4 is 44.6 Å². The van der Waals surface area contributed by atoms with E-state index in [1.165, 1.54) is 88.6 Å². The fourth-order valence-electron chi connectivity index (χ4n) is 13.2. The van der Waals surface area contributed by atoms with Crippen LogP contribution in [0.4, 0.5) is 17.1 Å². The number of allylic oxidation sites excluding steroid dienone is 5. The molecular formula is C69H48N2. The molecule has 14 rings (SSSR count). The summed E-state index contributed by atoms with van der Waals surface area (Å²) in [6.45, 7) is 6.12. The van der Waals surface area contributed by atoms with Crippen molar-refractivity contribution in [2.45, 2.75) is 17.8 Å². The van der Waals surface area contributed by atoms with Crippen molar-refractivity contribution in [3.05, 3.63) is 312 Å². The van der Waals surface area contributed by atoms with E-state index in [9.17, 15) is 0 Å². The Hall–Kier alpha value is -8.98. The average Bonchev–Trinajstić information content (AvgIpc) is 4.04. The van der Waals surface area contributed by atoms with Crippen LogP contribution in [0.2, 0.25) is 0 Å². The Morgan fingerprint density at radius 1 is 0.394 bits per heavy atom. The number of anilines is 3. The molecule has 2 spiro atoms. The van der Waals surface area contributed by atoms with Gasteiger partial charge >= 0.3 is 0 Å². The van der Waals surface area contributed by atoms with Gasteiger partial charge in [-0.3, -0.25) is 0 Å². The summed E-state index contributed by atoms with van der Waals surface area (Å²) in [7, 11) is 0. The molecular weight excluding hydrogens is 857 g/mol. The van der Waals surface area contributed by atoms with Crippen LogP contribution in [0.5, 0.6) is 0 Å². The highest BCUT2D eigenvalue weighted by molar-refractivity contribution is 6.11. The Labute approximate surface area is 415 Å². The van der Waals surface area contributed by atoms with E-state index in [2.05, 4.69) is 272 Å². The molecule has 0 unspecified atom stereocenters. The molecule has 10 aromatic carbocycles. The minimum absolute atomic E-state index is 0.510. The van der Waals surface area contributed by atoms with Crippen LogP contribution in [0.1, 0.15) is 51.4 Å². The van der Waals surface area contributed by atoms with Gasteiger partial charge in [0.15, 0.2) is 0 Å². The number of aromatic nitrogens is 1. The van der Waals surface area contributed by atoms with Crippen molar-refractivity contribution in [3.63, 3.8) is 0 Å². The van der Waals surface area contributed by atoms with Gasteiger partial charge in [0.05, 0.1) is 27.6 Å². The van der Waals surface area contributed by atoms with Gasteiger partial charge < -0.3 is 9.47 Å². The zero-order valence-corrected chi connectivity index (χ0v) is 39.4. The molecule has 11 aromatic rings. The van der Waals surface area contributed by atoms with Gasteiger partial charge in [-0.2, -0.15) is 0 Å². The van der Waals surface area contributed by atoms with Gasteiger partial charge in [-0.1, -0.05) is 225 Å². The van der Waals surface area contributed by atoms with Gasteiger partial charge in [0.1, 0.15) is 0 Å². The first-order valence-corrected chi connectivity index (χ1v) is 24.7. The van der Waals surface area contributed by atoms with Crippen LogP contribution in [0.3, 0.4) is 0 Å². The molecule has 0 bridgehead atoms. The summed E-state index contributed by atoms with van der Waals surface area (Å²) in [5, 5.41) is 2.44. The molecule has 0 amide bonds. The van der Waals surface area contributed by atoms with E-state index in [0.717, 1.165) is 33.8 Å². The molecule has 1 aromatic heterocycles. The molecule has 3 aliphatic rings. The molecule has 0 N–H and O–H groups in total. The zero-order valence-electron chi connectivity index (χ0n) is 39.4. The third-order valence-corrected chi connectivity index (χ3v) is 15.8. The van der Waals surface area contributed by atoms with Crippen LogP contribution in [0.15, 0.2) is 267 Å². The third-order valence-electron chi connectivity index (χ3n) is 15.8. The highest BCUT2D eigenvalue weighted by atomic mass is 15.1. The minimum atomic E-state index is -0.630. The maximum Gasteiger partial charge on any atom is 0.0720 e. The molecule has 0 saturated heterocycles. The molecule has 2 nitrogen and oxygen atoms in total. The van der Waals surface area contributed by atoms with Crippen molar-refractivity contribution in [3.8, 4) is 33.4 Å². The number of fused-ring (bicyclic) bond motifs is 19. The van der Waals surface area contributed by atoms with Crippen LogP contribution < -0.4 is 4.90 Å². The fourth-order valence-corrected chi connectivity index (χ4v) is 13.2. The number of para-hydroxylation sites is 2. The van der Waals surface area contributed by atoms with Crippen molar-refractivity contribution in [2.75, 3.05) is 4.90 Å². The lowest BCUT2D eigenvalue weighted by Gasteiger charge is -2.49. The molecule has 71 heavy (non-hydrogen) atoms. The lowest BCUT2D eigenvalue weighted by atomic mass is 9.52. The number of benzene rings is 10. The molecule has 1 heterocycles. The monoisotopic (exact) mass is 904 g/mol. The van der Waals surface area contributed by atoms with Gasteiger partial charge in [0, 0.05) is 33.4 Å². The maximum absolute atomic E-state index is 3.93. The quantitative estimate of drug-likeness (QED) is 0.145. The van der Waals surface area contributed by atoms with Crippen molar-refractivity contribution in [1.82, 2.24) is 4.57 Å². The lowest BCUT2D eigenvalue weighted by Crippen LogP contribution is -2.43. The van der Waals surface area contributed by atoms with E-state index in [-0.39, 0.29) is 0 Å². The van der Waals surface area contributed by atoms with E-state index in [1.54, 1.807) is 0 Å². The fraction of sp³-hybridized carbons (Fsp3) is 0.0435. The summed E-state index contributed by atoms with van der Waals surface area (Å²) in [6, 6.07) is 89.0. The second-order valence-electron chi connectivity index (χ2n) is 19.2. The predicted octanol–water partition coefficient (Wildman–Crippen LogP) is 17.6. The van der Waals surface area contributed by atoms with Gasteiger partial charge in [-0.15, -0.1) is 0 Å². The summed E-state index contributed by atoms with van der Waals surface area (Å²) in [5.74, 6) is 0. The van der Waals surface area contributed by atoms with Gasteiger partial charge in [0.25, 0.3) is 0 Å². The molecule has 0 aliphatic heterocycles. The number of hydrogen-bond donors (Lipinski definition) is 0. The van der Waals surface area contributed by atoms with E-state index >= 15 is 0 Å². The summed E-state index contributed by atoms with van der Waals surface area (Å²) >= 11 is 0. The molecule has 2 heteroatoms. The third kappa shape index (κ3) is 5.59. The Kier molecular flexibility index (Phi) is 9.12. The minimum Gasteiger partial charge on any atom is -0.313 e. The summed E-state index contributed by atoms with van der Waals surface area (Å²) < 4.78 is 2.41. The Balaban J connectivity index is 1.07. The second kappa shape index (κ2) is 15.8. The van der Waals surface area contributed by atoms with E-state index < -0.39 is 10.8 Å². The molecule has 334 valence electrons. The molecule has 0 radical (unpaired) electrons. The average molecular weight is 905 g/mol. The molecule has 0 fully saturated rings. The van der Waals surface area contributed by atoms with Crippen LogP contribution in [0.25, 0.3) is 60.9 Å². The van der Waals surface area contributed by atoms with Crippen LogP contribution in [-0.2, 0) is 10.8 Å². The van der Waals surface area contributed by atoms with Crippen LogP contribution in [-0.4, -0.2) is 4.57 Å². The standard InChI is InChI=1S/C69H48N2/c1-3-4-6-23-46(2)70-66-39-22-13-30-55(66)56-43-41-49(45-67(56)70)71(65-38-21-12-26-50(65)47-24-7-5-8-25-47)48-40-42-54-53-29-11-16-33-59(53)69(64(54)44-48)62-36-19-17-34-60(62)68(61-35-18-20-37-63(61)69)57-31-14-9-27-51(57)52-28-10-15-32-58(52)68/h3-45H,1H2,2H3/b6-4-,46-23+. The highest BCUT2D eigenvalue weighted by Crippen LogP contribution is 2.67. The second-order valence-corrected chi connectivity index (χ2v) is 19.2. The first kappa shape index (κ1) is 41.0. The highest BCUT2D eigenvalue weighted by Gasteiger charge is 2.59. The van der Waals surface area contributed by atoms with E-state index in [4.69, 9.17) is 0 Å². The first-order chi connectivity index (χ1) is 35.1. The number of nitrogens with zero attached hydrogens (tertiary/aromatic N) is 2. The van der Waals surface area contributed by atoms with E-state index in [0.29, 0.717) is 0 Å². The van der Waals surface area contributed by atoms with Gasteiger partial charge in [-0.05, 0) is 122 Å². The van der Waals surface area contributed by atoms with Crippen molar-refractivity contribution in [2.24, 2.45) is 0 Å². The van der Waals surface area contributed by atoms with E-state index in [1.807, 2.05) is 12.2 Å². The maximum atomic E-state index is 3.93. The summed E-state index contributed by atoms with van der Waals surface area (Å²) in [4.78, 5) is 2.50. The largest absolute Gasteiger partial charge is 0.313 e. The summed E-state index contributed by atoms with van der Waals surface area (Å²) in [5.41, 5.74) is 23.7. The van der Waals surface area contributed by atoms with Crippen molar-refractivity contribution < 1.29 is 0 Å². The zero-order chi connectivity index (χ0) is 47.3. The smallest absolute Gasteiger partial charge is 0.0720 e. The lowest BCUT2D eigenvalue weighted by molar-refractivity contribution is 0.633. The van der Waals surface area contributed by atoms with Gasteiger partial charge in [-0.25, -0.2) is 0 Å². The summed E-state index contributed by atoms with van der Waals surface area (Å²) in [6.07, 6.45) is 8.05. The normalized spacial score (nSPS) is 14.3. The Morgan fingerprint density at radius 3 is 1.45 bits per heavy atom. The molecule has 0 saturated carbocycles. The number of hydrogen-bond acceptors (Lipinski definition) is 1.